The van der Waals surface area contributed by atoms with E-state index < -0.39 is 0 Å². The van der Waals surface area contributed by atoms with Gasteiger partial charge in [0, 0.05) is 37.4 Å². The average molecular weight is 318 g/mol. The molecule has 0 bridgehead atoms. The molecule has 2 atom stereocenters. The van der Waals surface area contributed by atoms with E-state index in [0.29, 0.717) is 0 Å². The van der Waals surface area contributed by atoms with Crippen molar-refractivity contribution in [1.82, 2.24) is 20.8 Å². The maximum absolute atomic E-state index is 12.2. The number of aromatic nitrogens is 2. The van der Waals surface area contributed by atoms with Crippen molar-refractivity contribution >= 4 is 11.8 Å². The van der Waals surface area contributed by atoms with E-state index in [9.17, 15) is 4.79 Å². The first-order chi connectivity index (χ1) is 11.2. The van der Waals surface area contributed by atoms with Crippen LogP contribution in [0.25, 0.3) is 0 Å². The molecule has 7 nitrogen and oxygen atoms in total. The highest BCUT2D eigenvalue weighted by Gasteiger charge is 2.25. The minimum absolute atomic E-state index is 0.0784. The molecule has 0 radical (unpaired) electrons. The number of urea groups is 1. The summed E-state index contributed by atoms with van der Waals surface area (Å²) in [6, 6.07) is 4.20. The molecule has 23 heavy (non-hydrogen) atoms. The molecule has 1 aliphatic carbocycles. The molecule has 126 valence electrons. The van der Waals surface area contributed by atoms with Crippen LogP contribution in [0.5, 0.6) is 0 Å². The predicted octanol–water partition coefficient (Wildman–Crippen LogP) is 1.01. The van der Waals surface area contributed by atoms with Gasteiger partial charge in [-0.25, -0.2) is 4.79 Å². The largest absolute Gasteiger partial charge is 0.355 e. The van der Waals surface area contributed by atoms with Gasteiger partial charge in [0.2, 0.25) is 0 Å². The Bertz CT molecular complexity index is 503. The van der Waals surface area contributed by atoms with Crippen molar-refractivity contribution in [2.75, 3.05) is 18.0 Å². The van der Waals surface area contributed by atoms with Crippen LogP contribution in [0.3, 0.4) is 0 Å². The van der Waals surface area contributed by atoms with Gasteiger partial charge in [-0.05, 0) is 37.8 Å². The molecule has 2 fully saturated rings. The molecule has 2 amide bonds. The quantitative estimate of drug-likeness (QED) is 0.773. The van der Waals surface area contributed by atoms with E-state index in [1.807, 2.05) is 12.1 Å². The molecule has 3 rings (SSSR count). The minimum atomic E-state index is -0.0784. The topological polar surface area (TPSA) is 96.2 Å². The zero-order valence-corrected chi connectivity index (χ0v) is 13.4. The minimum Gasteiger partial charge on any atom is -0.355 e. The Labute approximate surface area is 137 Å². The van der Waals surface area contributed by atoms with E-state index in [2.05, 4.69) is 25.7 Å². The second-order valence-corrected chi connectivity index (χ2v) is 6.52. The summed E-state index contributed by atoms with van der Waals surface area (Å²) in [7, 11) is 0. The summed E-state index contributed by atoms with van der Waals surface area (Å²) in [5.41, 5.74) is 6.08. The lowest BCUT2D eigenvalue weighted by Crippen LogP contribution is -2.55. The van der Waals surface area contributed by atoms with Crippen molar-refractivity contribution in [3.8, 4) is 0 Å². The van der Waals surface area contributed by atoms with Gasteiger partial charge in [0.25, 0.3) is 0 Å². The van der Waals surface area contributed by atoms with Gasteiger partial charge in [-0.15, -0.1) is 5.10 Å². The molecule has 1 aromatic heterocycles. The molecule has 7 heteroatoms. The third-order valence-electron chi connectivity index (χ3n) is 4.85. The van der Waals surface area contributed by atoms with E-state index in [1.54, 1.807) is 6.20 Å². The summed E-state index contributed by atoms with van der Waals surface area (Å²) in [6.07, 6.45) is 7.82. The second kappa shape index (κ2) is 7.59. The van der Waals surface area contributed by atoms with E-state index in [0.717, 1.165) is 51.0 Å². The number of carbonyl (C=O) groups excluding carboxylic acids is 1. The first kappa shape index (κ1) is 16.0. The van der Waals surface area contributed by atoms with Gasteiger partial charge in [-0.3, -0.25) is 0 Å². The van der Waals surface area contributed by atoms with Crippen LogP contribution in [-0.2, 0) is 0 Å². The standard InChI is InChI=1S/C16H26N6O/c17-13-4-1-2-5-14(13)20-16(23)19-12-7-10-22(11-8-12)15-6-3-9-18-21-15/h3,6,9,12-14H,1-2,4-5,7-8,10-11,17H2,(H2,19,20,23)/t13-,14-/m1/s1. The maximum Gasteiger partial charge on any atom is 0.315 e. The number of hydrogen-bond acceptors (Lipinski definition) is 5. The third-order valence-corrected chi connectivity index (χ3v) is 4.85. The van der Waals surface area contributed by atoms with Crippen LogP contribution in [0.15, 0.2) is 18.3 Å². The molecular formula is C16H26N6O. The molecular weight excluding hydrogens is 292 g/mol. The number of hydrogen-bond donors (Lipinski definition) is 3. The van der Waals surface area contributed by atoms with Crippen LogP contribution in [0.4, 0.5) is 10.6 Å². The Morgan fingerprint density at radius 1 is 1.17 bits per heavy atom. The van der Waals surface area contributed by atoms with Crippen molar-refractivity contribution in [3.63, 3.8) is 0 Å². The maximum atomic E-state index is 12.2. The zero-order valence-electron chi connectivity index (χ0n) is 13.4. The third kappa shape index (κ3) is 4.31. The first-order valence-electron chi connectivity index (χ1n) is 8.57. The average Bonchev–Trinajstić information content (AvgIpc) is 2.58. The number of anilines is 1. The van der Waals surface area contributed by atoms with Gasteiger partial charge in [0.1, 0.15) is 0 Å². The molecule has 0 aromatic carbocycles. The number of carbonyl (C=O) groups is 1. The van der Waals surface area contributed by atoms with Gasteiger partial charge in [-0.1, -0.05) is 12.8 Å². The van der Waals surface area contributed by atoms with E-state index in [4.69, 9.17) is 5.73 Å². The number of nitrogens with two attached hydrogens (primary N) is 1. The highest BCUT2D eigenvalue weighted by atomic mass is 16.2. The number of amides is 2. The van der Waals surface area contributed by atoms with Gasteiger partial charge in [-0.2, -0.15) is 5.10 Å². The lowest BCUT2D eigenvalue weighted by atomic mass is 9.91. The second-order valence-electron chi connectivity index (χ2n) is 6.52. The normalized spacial score (nSPS) is 25.9. The number of rotatable bonds is 3. The molecule has 0 unspecified atom stereocenters. The van der Waals surface area contributed by atoms with Gasteiger partial charge in [0.05, 0.1) is 0 Å². The Morgan fingerprint density at radius 2 is 1.96 bits per heavy atom. The predicted molar refractivity (Wildman–Crippen MR) is 89.2 cm³/mol. The number of nitrogens with zero attached hydrogens (tertiary/aromatic N) is 3. The van der Waals surface area contributed by atoms with Crippen LogP contribution in [0, 0.1) is 0 Å². The van der Waals surface area contributed by atoms with Crippen LogP contribution in [0.2, 0.25) is 0 Å². The summed E-state index contributed by atoms with van der Waals surface area (Å²) in [4.78, 5) is 14.4. The lowest BCUT2D eigenvalue weighted by molar-refractivity contribution is 0.223. The zero-order chi connectivity index (χ0) is 16.1. The molecule has 2 aliphatic rings. The molecule has 2 heterocycles. The fraction of sp³-hybridized carbons (Fsp3) is 0.688. The van der Waals surface area contributed by atoms with Crippen molar-refractivity contribution in [2.24, 2.45) is 5.73 Å². The fourth-order valence-electron chi connectivity index (χ4n) is 3.45. The lowest BCUT2D eigenvalue weighted by Gasteiger charge is -2.34. The number of nitrogens with one attached hydrogen (secondary N) is 2. The molecule has 1 saturated heterocycles. The SMILES string of the molecule is N[C@@H]1CCCC[C@H]1NC(=O)NC1CCN(c2cccnn2)CC1. The van der Waals surface area contributed by atoms with Crippen molar-refractivity contribution in [3.05, 3.63) is 18.3 Å². The van der Waals surface area contributed by atoms with E-state index in [1.165, 1.54) is 6.42 Å². The number of piperidine rings is 1. The monoisotopic (exact) mass is 318 g/mol. The highest BCUT2D eigenvalue weighted by Crippen LogP contribution is 2.18. The summed E-state index contributed by atoms with van der Waals surface area (Å²) in [6.45, 7) is 1.76. The van der Waals surface area contributed by atoms with Crippen molar-refractivity contribution < 1.29 is 4.79 Å². The van der Waals surface area contributed by atoms with E-state index >= 15 is 0 Å². The van der Waals surface area contributed by atoms with Gasteiger partial charge < -0.3 is 21.3 Å². The van der Waals surface area contributed by atoms with Gasteiger partial charge >= 0.3 is 6.03 Å². The Balaban J connectivity index is 1.42. The fourth-order valence-corrected chi connectivity index (χ4v) is 3.45. The first-order valence-corrected chi connectivity index (χ1v) is 8.57. The van der Waals surface area contributed by atoms with Crippen LogP contribution in [0.1, 0.15) is 38.5 Å². The Morgan fingerprint density at radius 3 is 2.65 bits per heavy atom. The summed E-state index contributed by atoms with van der Waals surface area (Å²) in [5, 5.41) is 14.2. The van der Waals surface area contributed by atoms with Crippen molar-refractivity contribution in [1.29, 1.82) is 0 Å². The smallest absolute Gasteiger partial charge is 0.315 e. The van der Waals surface area contributed by atoms with Gasteiger partial charge in [0.15, 0.2) is 5.82 Å². The summed E-state index contributed by atoms with van der Waals surface area (Å²) < 4.78 is 0. The Kier molecular flexibility index (Phi) is 5.27. The van der Waals surface area contributed by atoms with Crippen LogP contribution >= 0.6 is 0 Å². The highest BCUT2D eigenvalue weighted by molar-refractivity contribution is 5.74. The van der Waals surface area contributed by atoms with E-state index in [-0.39, 0.29) is 24.2 Å². The summed E-state index contributed by atoms with van der Waals surface area (Å²) in [5.74, 6) is 0.906. The van der Waals surface area contributed by atoms with Crippen LogP contribution in [-0.4, -0.2) is 47.4 Å². The molecule has 1 aromatic rings. The molecule has 4 N–H and O–H groups in total. The molecule has 1 aliphatic heterocycles. The van der Waals surface area contributed by atoms with Crippen LogP contribution < -0.4 is 21.3 Å². The Hall–Kier alpha value is -1.89. The molecule has 1 saturated carbocycles. The molecule has 0 spiro atoms. The van der Waals surface area contributed by atoms with Crippen molar-refractivity contribution in [2.45, 2.75) is 56.7 Å². The summed E-state index contributed by atoms with van der Waals surface area (Å²) >= 11 is 0.